The summed E-state index contributed by atoms with van der Waals surface area (Å²) < 4.78 is 7.68. The third-order valence-corrected chi connectivity index (χ3v) is 19.8. The molecule has 0 radical (unpaired) electrons. The highest BCUT2D eigenvalue weighted by Gasteiger charge is 2.29. The van der Waals surface area contributed by atoms with E-state index in [0.717, 1.165) is 12.8 Å². The van der Waals surface area contributed by atoms with E-state index in [2.05, 4.69) is 278 Å². The lowest BCUT2D eigenvalue weighted by atomic mass is 9.77. The van der Waals surface area contributed by atoms with Crippen molar-refractivity contribution in [1.82, 2.24) is 9.13 Å². The average molecular weight is 1050 g/mol. The summed E-state index contributed by atoms with van der Waals surface area (Å²) in [5.74, 6) is 1.06. The molecule has 11 aromatic carbocycles. The third-order valence-electron chi connectivity index (χ3n) is 18.5. The molecule has 3 aliphatic carbocycles. The number of rotatable bonds is 6. The second-order valence-corrected chi connectivity index (χ2v) is 24.0. The summed E-state index contributed by atoms with van der Waals surface area (Å²) >= 11 is 1.95. The minimum Gasteiger partial charge on any atom is -0.313 e. The van der Waals surface area contributed by atoms with E-state index in [9.17, 15) is 0 Å². The van der Waals surface area contributed by atoms with Gasteiger partial charge < -0.3 is 9.13 Å². The molecule has 4 atom stereocenters. The molecule has 4 unspecified atom stereocenters. The lowest BCUT2D eigenvalue weighted by Gasteiger charge is -2.26. The zero-order chi connectivity index (χ0) is 53.4. The Bertz CT molecular complexity index is 5240. The van der Waals surface area contributed by atoms with Crippen molar-refractivity contribution < 1.29 is 0 Å². The summed E-state index contributed by atoms with van der Waals surface area (Å²) in [5, 5.41) is 21.1. The van der Waals surface area contributed by atoms with Gasteiger partial charge in [0.1, 0.15) is 0 Å². The number of hydrogen-bond donors (Lipinski definition) is 0. The normalized spacial score (nSPS) is 17.8. The minimum atomic E-state index is 0.152. The van der Waals surface area contributed by atoms with Crippen molar-refractivity contribution in [3.8, 4) is 27.9 Å². The predicted molar refractivity (Wildman–Crippen MR) is 348 cm³/mol. The summed E-state index contributed by atoms with van der Waals surface area (Å²) in [6.45, 7) is 4.79. The van der Waals surface area contributed by atoms with Gasteiger partial charge in [0.05, 0.1) is 21.7 Å². The maximum atomic E-state index is 2.60. The maximum Gasteiger partial charge on any atom is 0.0540 e. The third kappa shape index (κ3) is 6.92. The Labute approximate surface area is 473 Å². The molecule has 0 spiro atoms. The second kappa shape index (κ2) is 18.1. The molecule has 0 saturated carbocycles. The summed E-state index contributed by atoms with van der Waals surface area (Å²) in [4.78, 5) is 0. The van der Waals surface area contributed by atoms with Crippen LogP contribution in [-0.2, 0) is 0 Å². The lowest BCUT2D eigenvalue weighted by molar-refractivity contribution is 0.698. The van der Waals surface area contributed by atoms with Gasteiger partial charge >= 0.3 is 0 Å². The molecule has 0 fully saturated rings. The van der Waals surface area contributed by atoms with Gasteiger partial charge in [0.2, 0.25) is 0 Å². The van der Waals surface area contributed by atoms with Gasteiger partial charge in [-0.05, 0) is 126 Å². The highest BCUT2D eigenvalue weighted by Crippen LogP contribution is 2.50. The van der Waals surface area contributed by atoms with Crippen LogP contribution in [0.2, 0.25) is 0 Å². The van der Waals surface area contributed by atoms with Crippen LogP contribution in [0.5, 0.6) is 0 Å². The molecule has 0 N–H and O–H groups in total. The van der Waals surface area contributed by atoms with Crippen molar-refractivity contribution >= 4 is 126 Å². The van der Waals surface area contributed by atoms with Gasteiger partial charge in [-0.25, -0.2) is 0 Å². The molecular weight excluding hydrogens is 997 g/mol. The van der Waals surface area contributed by atoms with E-state index in [1.165, 1.54) is 151 Å². The van der Waals surface area contributed by atoms with Crippen LogP contribution in [0.4, 0.5) is 0 Å². The Morgan fingerprint density at radius 2 is 0.988 bits per heavy atom. The van der Waals surface area contributed by atoms with Crippen molar-refractivity contribution in [3.05, 3.63) is 263 Å². The molecule has 3 heteroatoms. The molecule has 0 saturated heterocycles. The van der Waals surface area contributed by atoms with Crippen LogP contribution < -0.4 is 21.1 Å². The minimum absolute atomic E-state index is 0.152. The predicted octanol–water partition coefficient (Wildman–Crippen LogP) is 18.1. The van der Waals surface area contributed by atoms with Crippen LogP contribution in [0.1, 0.15) is 49.7 Å². The summed E-state index contributed by atoms with van der Waals surface area (Å²) in [7, 11) is 0. The molecule has 81 heavy (non-hydrogen) atoms. The van der Waals surface area contributed by atoms with E-state index in [-0.39, 0.29) is 17.8 Å². The molecule has 0 amide bonds. The number of benzene rings is 11. The van der Waals surface area contributed by atoms with Crippen molar-refractivity contribution in [2.75, 3.05) is 0 Å². The molecule has 0 bridgehead atoms. The van der Waals surface area contributed by atoms with E-state index in [0.29, 0.717) is 5.92 Å². The highest BCUT2D eigenvalue weighted by atomic mass is 32.1. The number of nitrogens with zero attached hydrogens (tertiary/aromatic N) is 2. The van der Waals surface area contributed by atoms with Gasteiger partial charge in [-0.2, -0.15) is 0 Å². The van der Waals surface area contributed by atoms with Crippen LogP contribution >= 0.6 is 11.3 Å². The summed E-state index contributed by atoms with van der Waals surface area (Å²) in [6.07, 6.45) is 19.1. The molecule has 14 aromatic rings. The van der Waals surface area contributed by atoms with E-state index in [1.807, 2.05) is 11.3 Å². The molecule has 3 aliphatic rings. The first-order valence-corrected chi connectivity index (χ1v) is 29.8. The van der Waals surface area contributed by atoms with E-state index in [4.69, 9.17) is 0 Å². The molecule has 3 heterocycles. The Kier molecular flexibility index (Phi) is 10.4. The number of para-hydroxylation sites is 3. The fraction of sp³-hybridized carbons (Fsp3) is 0.103. The number of fused-ring (bicyclic) bond motifs is 13. The van der Waals surface area contributed by atoms with Crippen molar-refractivity contribution in [2.24, 2.45) is 11.8 Å². The van der Waals surface area contributed by atoms with E-state index >= 15 is 0 Å². The average Bonchev–Trinajstić information content (AvgIpc) is 4.37. The smallest absolute Gasteiger partial charge is 0.0540 e. The SMILES string of the molecule is CC1CC=CC=C1n1c2c(c3ccccc31)=CCC(c1c3ccccc3c(-c3ccc4c(c3)sc3c(-c5c6ccccc6c(C6C=c7c(c8ccccc8n7-c7ccccc7)=CC6C)c6ccccc56)cccc34)c3ccccc13)C=2. The summed E-state index contributed by atoms with van der Waals surface area (Å²) in [5.41, 5.74) is 13.1. The van der Waals surface area contributed by atoms with Crippen LogP contribution in [0.3, 0.4) is 0 Å². The first-order valence-electron chi connectivity index (χ1n) is 29.0. The molecule has 17 rings (SSSR count). The molecular formula is C78H56N2S. The Balaban J connectivity index is 0.833. The Morgan fingerprint density at radius 3 is 1.65 bits per heavy atom. The van der Waals surface area contributed by atoms with Gasteiger partial charge in [0.15, 0.2) is 0 Å². The first kappa shape index (κ1) is 46.6. The maximum absolute atomic E-state index is 2.60. The lowest BCUT2D eigenvalue weighted by Crippen LogP contribution is -2.34. The monoisotopic (exact) mass is 1050 g/mol. The second-order valence-electron chi connectivity index (χ2n) is 23.0. The van der Waals surface area contributed by atoms with E-state index < -0.39 is 0 Å². The largest absolute Gasteiger partial charge is 0.313 e. The van der Waals surface area contributed by atoms with Gasteiger partial charge in [-0.1, -0.05) is 232 Å². The number of aromatic nitrogens is 2. The fourth-order valence-electron chi connectivity index (χ4n) is 15.0. The van der Waals surface area contributed by atoms with Gasteiger partial charge in [0, 0.05) is 76.1 Å². The number of allylic oxidation sites excluding steroid dienone is 4. The Hall–Kier alpha value is -9.28. The van der Waals surface area contributed by atoms with Crippen molar-refractivity contribution in [3.63, 3.8) is 0 Å². The zero-order valence-electron chi connectivity index (χ0n) is 45.3. The van der Waals surface area contributed by atoms with Gasteiger partial charge in [-0.15, -0.1) is 11.3 Å². The summed E-state index contributed by atoms with van der Waals surface area (Å²) in [6, 6.07) is 80.1. The van der Waals surface area contributed by atoms with Crippen LogP contribution in [0.25, 0.3) is 143 Å². The van der Waals surface area contributed by atoms with Gasteiger partial charge in [0.25, 0.3) is 0 Å². The highest BCUT2D eigenvalue weighted by molar-refractivity contribution is 7.26. The number of hydrogen-bond acceptors (Lipinski definition) is 1. The first-order chi connectivity index (χ1) is 40.1. The van der Waals surface area contributed by atoms with E-state index in [1.54, 1.807) is 0 Å². The molecule has 0 aliphatic heterocycles. The number of thiophene rings is 1. The van der Waals surface area contributed by atoms with Crippen LogP contribution in [-0.4, -0.2) is 9.13 Å². The quantitative estimate of drug-likeness (QED) is 0.147. The molecule has 384 valence electrons. The fourth-order valence-corrected chi connectivity index (χ4v) is 16.3. The zero-order valence-corrected chi connectivity index (χ0v) is 46.1. The Morgan fingerprint density at radius 1 is 0.432 bits per heavy atom. The topological polar surface area (TPSA) is 9.86 Å². The standard InChI is InChI=1S/C78H56N2S/c1-47-21-6-17-36-68(47)80-70-38-19-15-24-52(70)54-41-39-49(44-71(54)80)74-56-26-7-9-28-58(56)75(59-29-10-8-27-57(59)74)50-40-42-55-64-34-20-35-65(78(64)81-73(55)45-50)76-60-30-11-13-32-62(60)77(63-33-14-12-31-61(63)76)66-46-72-67(43-48(66)2)53-25-16-18-37-69(53)79(72)51-22-4-3-5-23-51/h3-20,22-38,40-49,66H,21,39H2,1-2H3. The van der Waals surface area contributed by atoms with Gasteiger partial charge in [-0.3, -0.25) is 0 Å². The molecule has 3 aromatic heterocycles. The van der Waals surface area contributed by atoms with Crippen molar-refractivity contribution in [2.45, 2.75) is 38.5 Å². The molecule has 2 nitrogen and oxygen atoms in total. The van der Waals surface area contributed by atoms with Crippen molar-refractivity contribution in [1.29, 1.82) is 0 Å². The van der Waals surface area contributed by atoms with Crippen LogP contribution in [0, 0.1) is 11.8 Å². The van der Waals surface area contributed by atoms with Crippen LogP contribution in [0.15, 0.2) is 231 Å².